The summed E-state index contributed by atoms with van der Waals surface area (Å²) in [7, 11) is -1.97. The third-order valence-corrected chi connectivity index (χ3v) is 7.05. The molecule has 9 heteroatoms. The van der Waals surface area contributed by atoms with E-state index in [-0.39, 0.29) is 22.5 Å². The lowest BCUT2D eigenvalue weighted by molar-refractivity contribution is 0.102. The van der Waals surface area contributed by atoms with Crippen LogP contribution < -0.4 is 5.32 Å². The van der Waals surface area contributed by atoms with E-state index in [0.717, 1.165) is 29.5 Å². The Hall–Kier alpha value is -3.04. The van der Waals surface area contributed by atoms with Crippen molar-refractivity contribution in [3.8, 4) is 11.5 Å². The zero-order valence-electron chi connectivity index (χ0n) is 16.9. The summed E-state index contributed by atoms with van der Waals surface area (Å²) in [6, 6.07) is 11.7. The summed E-state index contributed by atoms with van der Waals surface area (Å²) in [5.41, 5.74) is 3.13. The molecule has 1 amide bonds. The average molecular weight is 426 g/mol. The summed E-state index contributed by atoms with van der Waals surface area (Å²) >= 11 is 0. The Morgan fingerprint density at radius 1 is 1.10 bits per heavy atom. The number of nitrogens with one attached hydrogen (secondary N) is 1. The molecule has 2 aromatic carbocycles. The van der Waals surface area contributed by atoms with E-state index in [1.54, 1.807) is 7.05 Å². The minimum Gasteiger partial charge on any atom is -0.403 e. The second-order valence-corrected chi connectivity index (χ2v) is 9.46. The number of nitrogens with zero attached hydrogens (tertiary/aromatic N) is 3. The number of aryl methyl sites for hydroxylation is 2. The SMILES string of the molecule is Cc1ccc(C)c(-c2nnc(NC(=O)c3ccc(S(=O)(=O)N(C)C4CC4)cc3)o2)c1. The highest BCUT2D eigenvalue weighted by Crippen LogP contribution is 2.30. The maximum absolute atomic E-state index is 12.6. The molecule has 1 aromatic heterocycles. The monoisotopic (exact) mass is 426 g/mol. The first kappa shape index (κ1) is 20.2. The van der Waals surface area contributed by atoms with Gasteiger partial charge in [-0.25, -0.2) is 8.42 Å². The predicted octanol–water partition coefficient (Wildman–Crippen LogP) is 3.39. The van der Waals surface area contributed by atoms with Gasteiger partial charge in [-0.15, -0.1) is 5.10 Å². The van der Waals surface area contributed by atoms with E-state index >= 15 is 0 Å². The normalized spacial score (nSPS) is 14.1. The second-order valence-electron chi connectivity index (χ2n) is 7.46. The van der Waals surface area contributed by atoms with Crippen molar-refractivity contribution in [3.05, 3.63) is 59.2 Å². The molecular weight excluding hydrogens is 404 g/mol. The Kier molecular flexibility index (Phi) is 5.17. The molecule has 30 heavy (non-hydrogen) atoms. The quantitative estimate of drug-likeness (QED) is 0.648. The van der Waals surface area contributed by atoms with Gasteiger partial charge in [0.05, 0.1) is 4.90 Å². The second kappa shape index (κ2) is 7.66. The predicted molar refractivity (Wildman–Crippen MR) is 112 cm³/mol. The minimum absolute atomic E-state index is 0.0268. The number of rotatable bonds is 6. The first-order chi connectivity index (χ1) is 14.3. The summed E-state index contributed by atoms with van der Waals surface area (Å²) in [6.07, 6.45) is 1.76. The number of anilines is 1. The van der Waals surface area contributed by atoms with Crippen molar-refractivity contribution in [2.45, 2.75) is 37.6 Å². The van der Waals surface area contributed by atoms with Crippen molar-refractivity contribution in [2.24, 2.45) is 0 Å². The zero-order chi connectivity index (χ0) is 21.5. The van der Waals surface area contributed by atoms with Gasteiger partial charge >= 0.3 is 6.01 Å². The van der Waals surface area contributed by atoms with Gasteiger partial charge in [-0.1, -0.05) is 22.8 Å². The van der Waals surface area contributed by atoms with Gasteiger partial charge in [0, 0.05) is 24.2 Å². The molecule has 4 rings (SSSR count). The highest BCUT2D eigenvalue weighted by atomic mass is 32.2. The van der Waals surface area contributed by atoms with Crippen LogP contribution in [0.15, 0.2) is 51.8 Å². The van der Waals surface area contributed by atoms with Crippen LogP contribution in [0.1, 0.15) is 34.3 Å². The van der Waals surface area contributed by atoms with Gasteiger partial charge in [0.15, 0.2) is 0 Å². The summed E-state index contributed by atoms with van der Waals surface area (Å²) in [6.45, 7) is 3.90. The number of benzene rings is 2. The van der Waals surface area contributed by atoms with Crippen LogP contribution in [0.2, 0.25) is 0 Å². The van der Waals surface area contributed by atoms with Gasteiger partial charge in [-0.3, -0.25) is 10.1 Å². The maximum Gasteiger partial charge on any atom is 0.322 e. The van der Waals surface area contributed by atoms with Crippen LogP contribution in [0.4, 0.5) is 6.01 Å². The van der Waals surface area contributed by atoms with E-state index in [1.807, 2.05) is 32.0 Å². The summed E-state index contributed by atoms with van der Waals surface area (Å²) in [5, 5.41) is 10.4. The zero-order valence-corrected chi connectivity index (χ0v) is 17.7. The molecule has 1 aliphatic carbocycles. The largest absolute Gasteiger partial charge is 0.403 e. The molecule has 0 spiro atoms. The number of carbonyl (C=O) groups excluding carboxylic acids is 1. The van der Waals surface area contributed by atoms with Crippen LogP contribution in [0.3, 0.4) is 0 Å². The molecule has 1 saturated carbocycles. The highest BCUT2D eigenvalue weighted by Gasteiger charge is 2.35. The van der Waals surface area contributed by atoms with Crippen LogP contribution in [0.5, 0.6) is 0 Å². The third kappa shape index (κ3) is 3.99. The Labute approximate surface area is 175 Å². The molecule has 1 heterocycles. The molecule has 1 fully saturated rings. The molecule has 0 radical (unpaired) electrons. The fourth-order valence-electron chi connectivity index (χ4n) is 3.10. The number of hydrogen-bond donors (Lipinski definition) is 1. The van der Waals surface area contributed by atoms with Gasteiger partial charge in [-0.05, 0) is 62.6 Å². The number of carbonyl (C=O) groups is 1. The van der Waals surface area contributed by atoms with Crippen LogP contribution in [0.25, 0.3) is 11.5 Å². The van der Waals surface area contributed by atoms with Gasteiger partial charge in [0.1, 0.15) is 0 Å². The first-order valence-electron chi connectivity index (χ1n) is 9.56. The molecule has 0 unspecified atom stereocenters. The van der Waals surface area contributed by atoms with Crippen LogP contribution in [0, 0.1) is 13.8 Å². The molecule has 3 aromatic rings. The Morgan fingerprint density at radius 2 is 1.80 bits per heavy atom. The van der Waals surface area contributed by atoms with Crippen LogP contribution in [-0.4, -0.2) is 41.9 Å². The molecule has 0 aliphatic heterocycles. The van der Waals surface area contributed by atoms with Gasteiger partial charge < -0.3 is 4.42 Å². The lowest BCUT2D eigenvalue weighted by Crippen LogP contribution is -2.29. The van der Waals surface area contributed by atoms with E-state index in [2.05, 4.69) is 15.5 Å². The molecule has 1 aliphatic rings. The minimum atomic E-state index is -3.55. The average Bonchev–Trinajstić information content (AvgIpc) is 3.48. The van der Waals surface area contributed by atoms with Crippen molar-refractivity contribution in [2.75, 3.05) is 12.4 Å². The maximum atomic E-state index is 12.6. The van der Waals surface area contributed by atoms with Crippen LogP contribution >= 0.6 is 0 Å². The molecular formula is C21H22N4O4S. The number of aromatic nitrogens is 2. The topological polar surface area (TPSA) is 105 Å². The highest BCUT2D eigenvalue weighted by molar-refractivity contribution is 7.89. The van der Waals surface area contributed by atoms with Crippen molar-refractivity contribution in [1.82, 2.24) is 14.5 Å². The number of amides is 1. The van der Waals surface area contributed by atoms with E-state index in [4.69, 9.17) is 4.42 Å². The molecule has 0 saturated heterocycles. The standard InChI is InChI=1S/C21H22N4O4S/c1-13-4-5-14(2)18(12-13)20-23-24-21(29-20)22-19(26)15-6-10-17(11-7-15)30(27,28)25(3)16-8-9-16/h4-7,10-12,16H,8-9H2,1-3H3,(H,22,24,26). The van der Waals surface area contributed by atoms with Gasteiger partial charge in [-0.2, -0.15) is 4.31 Å². The lowest BCUT2D eigenvalue weighted by atomic mass is 10.1. The van der Waals surface area contributed by atoms with Gasteiger partial charge in [0.2, 0.25) is 15.9 Å². The van der Waals surface area contributed by atoms with Crippen molar-refractivity contribution in [1.29, 1.82) is 0 Å². The smallest absolute Gasteiger partial charge is 0.322 e. The molecule has 156 valence electrons. The fraction of sp³-hybridized carbons (Fsp3) is 0.286. The summed E-state index contributed by atoms with van der Waals surface area (Å²) < 4.78 is 32.1. The molecule has 0 bridgehead atoms. The summed E-state index contributed by atoms with van der Waals surface area (Å²) in [5.74, 6) is -0.151. The fourth-order valence-corrected chi connectivity index (χ4v) is 4.51. The lowest BCUT2D eigenvalue weighted by Gasteiger charge is -2.16. The number of hydrogen-bond acceptors (Lipinski definition) is 6. The molecule has 0 atom stereocenters. The molecule has 8 nitrogen and oxygen atoms in total. The Morgan fingerprint density at radius 3 is 2.47 bits per heavy atom. The van der Waals surface area contributed by atoms with Crippen molar-refractivity contribution >= 4 is 21.9 Å². The van der Waals surface area contributed by atoms with Crippen LogP contribution in [-0.2, 0) is 10.0 Å². The van der Waals surface area contributed by atoms with E-state index in [1.165, 1.54) is 28.6 Å². The Balaban J connectivity index is 1.48. The summed E-state index contributed by atoms with van der Waals surface area (Å²) in [4.78, 5) is 12.7. The Bertz CT molecular complexity index is 1200. The van der Waals surface area contributed by atoms with E-state index in [9.17, 15) is 13.2 Å². The van der Waals surface area contributed by atoms with Gasteiger partial charge in [0.25, 0.3) is 5.91 Å². The van der Waals surface area contributed by atoms with Crippen molar-refractivity contribution in [3.63, 3.8) is 0 Å². The van der Waals surface area contributed by atoms with Crippen molar-refractivity contribution < 1.29 is 17.6 Å². The third-order valence-electron chi connectivity index (χ3n) is 5.12. The van der Waals surface area contributed by atoms with E-state index < -0.39 is 15.9 Å². The first-order valence-corrected chi connectivity index (χ1v) is 11.0. The van der Waals surface area contributed by atoms with E-state index in [0.29, 0.717) is 5.89 Å². The number of sulfonamides is 1. The molecule has 1 N–H and O–H groups in total.